The number of rotatable bonds is 3. The maximum atomic E-state index is 5.97. The van der Waals surface area contributed by atoms with Crippen molar-refractivity contribution in [2.75, 3.05) is 18.5 Å². The first kappa shape index (κ1) is 12.7. The molecule has 0 bridgehead atoms. The summed E-state index contributed by atoms with van der Waals surface area (Å²) in [6.07, 6.45) is 0. The summed E-state index contributed by atoms with van der Waals surface area (Å²) in [4.78, 5) is 0. The first-order valence-corrected chi connectivity index (χ1v) is 6.39. The molecule has 0 fully saturated rings. The van der Waals surface area contributed by atoms with Gasteiger partial charge in [0.1, 0.15) is 0 Å². The minimum absolute atomic E-state index is 0.305. The fourth-order valence-electron chi connectivity index (χ4n) is 1.88. The summed E-state index contributed by atoms with van der Waals surface area (Å²) in [5, 5.41) is 7.67. The number of anilines is 1. The van der Waals surface area contributed by atoms with Crippen LogP contribution in [0.25, 0.3) is 0 Å². The Balaban J connectivity index is 2.04. The van der Waals surface area contributed by atoms with Gasteiger partial charge in [-0.05, 0) is 18.2 Å². The second-order valence-electron chi connectivity index (χ2n) is 4.72. The molecule has 1 aliphatic rings. The van der Waals surface area contributed by atoms with Crippen LogP contribution < -0.4 is 10.6 Å². The predicted molar refractivity (Wildman–Crippen MR) is 71.7 cm³/mol. The Morgan fingerprint density at radius 1 is 1.53 bits per heavy atom. The van der Waals surface area contributed by atoms with Gasteiger partial charge in [-0.3, -0.25) is 0 Å². The first-order chi connectivity index (χ1) is 8.15. The molecule has 1 aromatic carbocycles. The molecule has 1 aliphatic heterocycles. The number of halogens is 1. The van der Waals surface area contributed by atoms with Crippen LogP contribution in [0.5, 0.6) is 0 Å². The van der Waals surface area contributed by atoms with Gasteiger partial charge in [-0.1, -0.05) is 25.4 Å². The van der Waals surface area contributed by atoms with Crippen LogP contribution in [-0.2, 0) is 11.3 Å². The number of hydrogen-bond acceptors (Lipinski definition) is 3. The molecule has 0 aliphatic carbocycles. The van der Waals surface area contributed by atoms with Crippen LogP contribution in [0.2, 0.25) is 5.02 Å². The molecule has 1 unspecified atom stereocenters. The van der Waals surface area contributed by atoms with Crippen LogP contribution in [0.4, 0.5) is 5.69 Å². The van der Waals surface area contributed by atoms with Gasteiger partial charge in [0.05, 0.1) is 19.3 Å². The molecule has 17 heavy (non-hydrogen) atoms. The molecule has 2 N–H and O–H groups in total. The SMILES string of the molecule is CC(C)NCC1COCc2cc(Cl)ccc2N1. The van der Waals surface area contributed by atoms with Crippen LogP contribution in [0.3, 0.4) is 0 Å². The third kappa shape index (κ3) is 3.60. The van der Waals surface area contributed by atoms with Crippen molar-refractivity contribution in [1.82, 2.24) is 5.32 Å². The molecule has 3 nitrogen and oxygen atoms in total. The molecule has 0 saturated heterocycles. The number of benzene rings is 1. The topological polar surface area (TPSA) is 33.3 Å². The molecular formula is C13H19ClN2O. The van der Waals surface area contributed by atoms with Crippen molar-refractivity contribution in [3.8, 4) is 0 Å². The van der Waals surface area contributed by atoms with Crippen molar-refractivity contribution in [2.45, 2.75) is 32.5 Å². The van der Waals surface area contributed by atoms with E-state index in [-0.39, 0.29) is 0 Å². The Labute approximate surface area is 107 Å². The first-order valence-electron chi connectivity index (χ1n) is 6.01. The van der Waals surface area contributed by atoms with Crippen molar-refractivity contribution in [3.63, 3.8) is 0 Å². The second-order valence-corrected chi connectivity index (χ2v) is 5.16. The normalized spacial score (nSPS) is 19.6. The predicted octanol–water partition coefficient (Wildman–Crippen LogP) is 2.65. The van der Waals surface area contributed by atoms with Gasteiger partial charge < -0.3 is 15.4 Å². The molecule has 0 spiro atoms. The van der Waals surface area contributed by atoms with E-state index in [0.29, 0.717) is 25.3 Å². The lowest BCUT2D eigenvalue weighted by molar-refractivity contribution is 0.116. The molecule has 1 atom stereocenters. The lowest BCUT2D eigenvalue weighted by Crippen LogP contribution is -2.38. The van der Waals surface area contributed by atoms with E-state index < -0.39 is 0 Å². The molecule has 1 aromatic rings. The van der Waals surface area contributed by atoms with Crippen molar-refractivity contribution in [2.24, 2.45) is 0 Å². The number of ether oxygens (including phenoxy) is 1. The summed E-state index contributed by atoms with van der Waals surface area (Å²) in [5.41, 5.74) is 2.26. The van der Waals surface area contributed by atoms with E-state index in [1.807, 2.05) is 18.2 Å². The van der Waals surface area contributed by atoms with Crippen LogP contribution in [0.15, 0.2) is 18.2 Å². The summed E-state index contributed by atoms with van der Waals surface area (Å²) in [7, 11) is 0. The van der Waals surface area contributed by atoms with Gasteiger partial charge in [-0.15, -0.1) is 0 Å². The zero-order chi connectivity index (χ0) is 12.3. The number of nitrogens with one attached hydrogen (secondary N) is 2. The molecule has 1 heterocycles. The van der Waals surface area contributed by atoms with E-state index in [0.717, 1.165) is 22.8 Å². The molecule has 4 heteroatoms. The minimum Gasteiger partial charge on any atom is -0.378 e. The summed E-state index contributed by atoms with van der Waals surface area (Å²) < 4.78 is 5.66. The molecule has 0 radical (unpaired) electrons. The highest BCUT2D eigenvalue weighted by Crippen LogP contribution is 2.24. The van der Waals surface area contributed by atoms with Crippen LogP contribution in [0.1, 0.15) is 19.4 Å². The Hall–Kier alpha value is -0.770. The van der Waals surface area contributed by atoms with E-state index in [1.54, 1.807) is 0 Å². The fourth-order valence-corrected chi connectivity index (χ4v) is 2.08. The van der Waals surface area contributed by atoms with Gasteiger partial charge in [-0.25, -0.2) is 0 Å². The van der Waals surface area contributed by atoms with Gasteiger partial charge in [-0.2, -0.15) is 0 Å². The van der Waals surface area contributed by atoms with Crippen molar-refractivity contribution < 1.29 is 4.74 Å². The fraction of sp³-hybridized carbons (Fsp3) is 0.538. The molecule has 0 saturated carbocycles. The van der Waals surface area contributed by atoms with Crippen molar-refractivity contribution >= 4 is 17.3 Å². The molecular weight excluding hydrogens is 236 g/mol. The maximum Gasteiger partial charge on any atom is 0.0738 e. The number of hydrogen-bond donors (Lipinski definition) is 2. The summed E-state index contributed by atoms with van der Waals surface area (Å²) in [6.45, 7) is 6.53. The van der Waals surface area contributed by atoms with Gasteiger partial charge in [0.25, 0.3) is 0 Å². The van der Waals surface area contributed by atoms with Gasteiger partial charge in [0.2, 0.25) is 0 Å². The highest BCUT2D eigenvalue weighted by molar-refractivity contribution is 6.30. The summed E-state index contributed by atoms with van der Waals surface area (Å²) in [6, 6.07) is 6.69. The average Bonchev–Trinajstić information content (AvgIpc) is 2.47. The smallest absolute Gasteiger partial charge is 0.0738 e. The largest absolute Gasteiger partial charge is 0.378 e. The zero-order valence-corrected chi connectivity index (χ0v) is 11.1. The van der Waals surface area contributed by atoms with Crippen LogP contribution >= 0.6 is 11.6 Å². The lowest BCUT2D eigenvalue weighted by atomic mass is 10.2. The van der Waals surface area contributed by atoms with E-state index >= 15 is 0 Å². The molecule has 94 valence electrons. The van der Waals surface area contributed by atoms with E-state index in [2.05, 4.69) is 24.5 Å². The molecule has 0 aromatic heterocycles. The maximum absolute atomic E-state index is 5.97. The quantitative estimate of drug-likeness (QED) is 0.870. The lowest BCUT2D eigenvalue weighted by Gasteiger charge is -2.19. The van der Waals surface area contributed by atoms with Crippen molar-refractivity contribution in [3.05, 3.63) is 28.8 Å². The van der Waals surface area contributed by atoms with E-state index in [4.69, 9.17) is 16.3 Å². The standard InChI is InChI=1S/C13H19ClN2O/c1-9(2)15-6-12-8-17-7-10-5-11(14)3-4-13(10)16-12/h3-5,9,12,15-16H,6-8H2,1-2H3. The Bertz CT molecular complexity index is 382. The Morgan fingerprint density at radius 3 is 3.12 bits per heavy atom. The third-order valence-corrected chi connectivity index (χ3v) is 3.01. The van der Waals surface area contributed by atoms with E-state index in [9.17, 15) is 0 Å². The Morgan fingerprint density at radius 2 is 2.35 bits per heavy atom. The molecule has 2 rings (SSSR count). The highest BCUT2D eigenvalue weighted by Gasteiger charge is 2.16. The zero-order valence-electron chi connectivity index (χ0n) is 10.3. The highest BCUT2D eigenvalue weighted by atomic mass is 35.5. The van der Waals surface area contributed by atoms with Crippen LogP contribution in [-0.4, -0.2) is 25.2 Å². The minimum atomic E-state index is 0.305. The second kappa shape index (κ2) is 5.71. The average molecular weight is 255 g/mol. The van der Waals surface area contributed by atoms with E-state index in [1.165, 1.54) is 0 Å². The van der Waals surface area contributed by atoms with Crippen molar-refractivity contribution in [1.29, 1.82) is 0 Å². The number of fused-ring (bicyclic) bond motifs is 1. The Kier molecular flexibility index (Phi) is 4.26. The summed E-state index contributed by atoms with van der Waals surface area (Å²) in [5.74, 6) is 0. The van der Waals surface area contributed by atoms with Gasteiger partial charge in [0, 0.05) is 28.9 Å². The molecule has 0 amide bonds. The van der Waals surface area contributed by atoms with Crippen LogP contribution in [0, 0.1) is 0 Å². The summed E-state index contributed by atoms with van der Waals surface area (Å²) >= 11 is 5.97. The monoisotopic (exact) mass is 254 g/mol. The van der Waals surface area contributed by atoms with Gasteiger partial charge in [0.15, 0.2) is 0 Å². The van der Waals surface area contributed by atoms with Gasteiger partial charge >= 0.3 is 0 Å². The third-order valence-electron chi connectivity index (χ3n) is 2.78.